The maximum Gasteiger partial charge on any atom is 0.349 e. The van der Waals surface area contributed by atoms with Gasteiger partial charge in [0.2, 0.25) is 0 Å². The summed E-state index contributed by atoms with van der Waals surface area (Å²) in [4.78, 5) is 22.7. The Morgan fingerprint density at radius 1 is 0.950 bits per heavy atom. The maximum atomic E-state index is 11.9. The van der Waals surface area contributed by atoms with Crippen molar-refractivity contribution in [3.8, 4) is 11.5 Å². The van der Waals surface area contributed by atoms with Crippen LogP contribution in [0.3, 0.4) is 0 Å². The largest absolute Gasteiger partial charge is 0.497 e. The first kappa shape index (κ1) is 13.9. The number of benzene rings is 2. The molecule has 0 aliphatic heterocycles. The van der Waals surface area contributed by atoms with Crippen LogP contribution in [0.5, 0.6) is 11.5 Å². The molecule has 104 valence electrons. The second kappa shape index (κ2) is 5.61. The van der Waals surface area contributed by atoms with E-state index in [1.807, 2.05) is 12.1 Å². The molecule has 0 heterocycles. The molecule has 0 unspecified atom stereocenters. The van der Waals surface area contributed by atoms with Crippen LogP contribution in [0.1, 0.15) is 17.3 Å². The summed E-state index contributed by atoms with van der Waals surface area (Å²) in [7, 11) is 3.03. The highest BCUT2D eigenvalue weighted by atomic mass is 16.6. The van der Waals surface area contributed by atoms with Crippen LogP contribution in [0.2, 0.25) is 0 Å². The Kier molecular flexibility index (Phi) is 3.89. The lowest BCUT2D eigenvalue weighted by Crippen LogP contribution is -2.10. The zero-order valence-electron chi connectivity index (χ0n) is 11.4. The van der Waals surface area contributed by atoms with Crippen LogP contribution in [0.15, 0.2) is 30.3 Å². The van der Waals surface area contributed by atoms with E-state index in [2.05, 4.69) is 4.74 Å². The molecule has 0 spiro atoms. The summed E-state index contributed by atoms with van der Waals surface area (Å²) in [6, 6.07) is 8.76. The number of methoxy groups -OCH3 is 2. The summed E-state index contributed by atoms with van der Waals surface area (Å²) in [5.74, 6) is -0.338. The highest BCUT2D eigenvalue weighted by Crippen LogP contribution is 2.29. The first-order chi connectivity index (χ1) is 9.55. The number of hydrogen-bond donors (Lipinski definition) is 0. The second-order valence-electron chi connectivity index (χ2n) is 4.15. The van der Waals surface area contributed by atoms with Gasteiger partial charge in [0.1, 0.15) is 17.1 Å². The zero-order valence-corrected chi connectivity index (χ0v) is 11.4. The molecule has 20 heavy (non-hydrogen) atoms. The van der Waals surface area contributed by atoms with Gasteiger partial charge in [-0.25, -0.2) is 4.79 Å². The van der Waals surface area contributed by atoms with E-state index in [0.717, 1.165) is 10.8 Å². The topological polar surface area (TPSA) is 61.8 Å². The minimum absolute atomic E-state index is 0.209. The van der Waals surface area contributed by atoms with Crippen molar-refractivity contribution in [3.63, 3.8) is 0 Å². The summed E-state index contributed by atoms with van der Waals surface area (Å²) in [5.41, 5.74) is 0.209. The Morgan fingerprint density at radius 3 is 2.30 bits per heavy atom. The molecule has 2 aromatic rings. The number of fused-ring (bicyclic) bond motifs is 1. The molecule has 0 aromatic heterocycles. The van der Waals surface area contributed by atoms with Gasteiger partial charge in [-0.2, -0.15) is 0 Å². The molecule has 0 radical (unpaired) electrons. The molecule has 0 fully saturated rings. The Balaban J connectivity index is 2.55. The highest BCUT2D eigenvalue weighted by molar-refractivity contribution is 6.02. The molecule has 0 N–H and O–H groups in total. The summed E-state index contributed by atoms with van der Waals surface area (Å²) in [6.07, 6.45) is 0. The standard InChI is InChI=1S/C15H14O5/c1-9(16)20-15(17)13-7-10-4-5-12(18-2)6-11(10)8-14(13)19-3/h4-8H,1-3H3. The summed E-state index contributed by atoms with van der Waals surface area (Å²) in [6.45, 7) is 1.18. The molecule has 5 heteroatoms. The van der Waals surface area contributed by atoms with E-state index in [1.54, 1.807) is 25.3 Å². The summed E-state index contributed by atoms with van der Waals surface area (Å²) in [5, 5.41) is 1.68. The van der Waals surface area contributed by atoms with Crippen LogP contribution in [0.4, 0.5) is 0 Å². The smallest absolute Gasteiger partial charge is 0.349 e. The monoisotopic (exact) mass is 274 g/mol. The molecule has 0 aliphatic carbocycles. The quantitative estimate of drug-likeness (QED) is 0.636. The molecular weight excluding hydrogens is 260 g/mol. The average Bonchev–Trinajstić information content (AvgIpc) is 2.44. The van der Waals surface area contributed by atoms with Crippen molar-refractivity contribution in [2.45, 2.75) is 6.92 Å². The lowest BCUT2D eigenvalue weighted by Gasteiger charge is -2.10. The molecular formula is C15H14O5. The SMILES string of the molecule is COc1ccc2cc(C(=O)OC(C)=O)c(OC)cc2c1. The molecule has 0 amide bonds. The molecule has 0 bridgehead atoms. The van der Waals surface area contributed by atoms with Gasteiger partial charge in [0.25, 0.3) is 0 Å². The number of hydrogen-bond acceptors (Lipinski definition) is 5. The molecule has 0 aliphatic rings. The van der Waals surface area contributed by atoms with Crippen molar-refractivity contribution in [1.82, 2.24) is 0 Å². The molecule has 0 saturated heterocycles. The van der Waals surface area contributed by atoms with Crippen molar-refractivity contribution < 1.29 is 23.8 Å². The van der Waals surface area contributed by atoms with E-state index in [9.17, 15) is 9.59 Å². The number of carbonyl (C=O) groups is 2. The predicted molar refractivity (Wildman–Crippen MR) is 73.1 cm³/mol. The van der Waals surface area contributed by atoms with Gasteiger partial charge in [-0.15, -0.1) is 0 Å². The Bertz CT molecular complexity index is 675. The van der Waals surface area contributed by atoms with Crippen LogP contribution in [0.25, 0.3) is 10.8 Å². The van der Waals surface area contributed by atoms with Crippen LogP contribution in [-0.2, 0) is 9.53 Å². The average molecular weight is 274 g/mol. The van der Waals surface area contributed by atoms with E-state index >= 15 is 0 Å². The molecule has 5 nitrogen and oxygen atoms in total. The highest BCUT2D eigenvalue weighted by Gasteiger charge is 2.17. The third kappa shape index (κ3) is 2.71. The summed E-state index contributed by atoms with van der Waals surface area (Å²) >= 11 is 0. The van der Waals surface area contributed by atoms with Crippen molar-refractivity contribution in [3.05, 3.63) is 35.9 Å². The fraction of sp³-hybridized carbons (Fsp3) is 0.200. The minimum Gasteiger partial charge on any atom is -0.497 e. The summed E-state index contributed by atoms with van der Waals surface area (Å²) < 4.78 is 14.9. The van der Waals surface area contributed by atoms with Crippen molar-refractivity contribution >= 4 is 22.7 Å². The molecule has 0 atom stereocenters. The van der Waals surface area contributed by atoms with Crippen LogP contribution in [-0.4, -0.2) is 26.2 Å². The lowest BCUT2D eigenvalue weighted by atomic mass is 10.1. The third-order valence-corrected chi connectivity index (χ3v) is 2.82. The normalized spacial score (nSPS) is 10.2. The van der Waals surface area contributed by atoms with E-state index in [0.29, 0.717) is 11.5 Å². The van der Waals surface area contributed by atoms with E-state index < -0.39 is 11.9 Å². The maximum absolute atomic E-state index is 11.9. The van der Waals surface area contributed by atoms with E-state index in [-0.39, 0.29) is 5.56 Å². The van der Waals surface area contributed by atoms with Gasteiger partial charge in [0.05, 0.1) is 14.2 Å². The van der Waals surface area contributed by atoms with E-state index in [4.69, 9.17) is 9.47 Å². The number of rotatable bonds is 3. The number of carbonyl (C=O) groups excluding carboxylic acids is 2. The lowest BCUT2D eigenvalue weighted by molar-refractivity contribution is -0.135. The van der Waals surface area contributed by atoms with Crippen LogP contribution >= 0.6 is 0 Å². The second-order valence-corrected chi connectivity index (χ2v) is 4.15. The van der Waals surface area contributed by atoms with Gasteiger partial charge in [0, 0.05) is 6.92 Å². The molecule has 2 aromatic carbocycles. The minimum atomic E-state index is -0.730. The third-order valence-electron chi connectivity index (χ3n) is 2.82. The first-order valence-electron chi connectivity index (χ1n) is 5.93. The van der Waals surface area contributed by atoms with Gasteiger partial charge in [0.15, 0.2) is 0 Å². The molecule has 2 rings (SSSR count). The van der Waals surface area contributed by atoms with Gasteiger partial charge >= 0.3 is 11.9 Å². The molecule has 0 saturated carbocycles. The predicted octanol–water partition coefficient (Wildman–Crippen LogP) is 2.56. The van der Waals surface area contributed by atoms with Gasteiger partial charge in [-0.3, -0.25) is 4.79 Å². The van der Waals surface area contributed by atoms with Gasteiger partial charge < -0.3 is 14.2 Å². The zero-order chi connectivity index (χ0) is 14.7. The van der Waals surface area contributed by atoms with E-state index in [1.165, 1.54) is 14.0 Å². The Hall–Kier alpha value is -2.56. The van der Waals surface area contributed by atoms with Crippen molar-refractivity contribution in [2.75, 3.05) is 14.2 Å². The Labute approximate surface area is 116 Å². The van der Waals surface area contributed by atoms with Gasteiger partial charge in [-0.05, 0) is 35.0 Å². The fourth-order valence-corrected chi connectivity index (χ4v) is 1.90. The number of esters is 2. The van der Waals surface area contributed by atoms with Crippen LogP contribution < -0.4 is 9.47 Å². The van der Waals surface area contributed by atoms with Gasteiger partial charge in [-0.1, -0.05) is 6.07 Å². The Morgan fingerprint density at radius 2 is 1.70 bits per heavy atom. The number of ether oxygens (including phenoxy) is 3. The van der Waals surface area contributed by atoms with Crippen LogP contribution in [0, 0.1) is 0 Å². The fourth-order valence-electron chi connectivity index (χ4n) is 1.90. The van der Waals surface area contributed by atoms with Crippen molar-refractivity contribution in [1.29, 1.82) is 0 Å². The first-order valence-corrected chi connectivity index (χ1v) is 5.93. The van der Waals surface area contributed by atoms with Crippen molar-refractivity contribution in [2.24, 2.45) is 0 Å².